The molecule has 0 fully saturated rings. The van der Waals surface area contributed by atoms with Gasteiger partial charge in [-0.05, 0) is 13.3 Å². The Morgan fingerprint density at radius 1 is 1.15 bits per heavy atom. The maximum absolute atomic E-state index is 11.0. The maximum atomic E-state index is 11.0. The largest absolute Gasteiger partial charge is 0.481 e. The van der Waals surface area contributed by atoms with Crippen molar-refractivity contribution in [3.63, 3.8) is 0 Å². The van der Waals surface area contributed by atoms with Crippen molar-refractivity contribution in [3.05, 3.63) is 24.3 Å². The molecule has 20 heavy (non-hydrogen) atoms. The number of hydrogen-bond acceptors (Lipinski definition) is 5. The van der Waals surface area contributed by atoms with E-state index in [2.05, 4.69) is 17.9 Å². The molecule has 0 saturated carbocycles. The zero-order valence-corrected chi connectivity index (χ0v) is 12.2. The molecule has 114 valence electrons. The molecule has 0 spiro atoms. The van der Waals surface area contributed by atoms with E-state index in [1.54, 1.807) is 6.92 Å². The second-order valence-corrected chi connectivity index (χ2v) is 3.94. The highest BCUT2D eigenvalue weighted by atomic mass is 16.5. The Hall–Kier alpha value is -2.11. The molecule has 0 aromatic rings. The number of aliphatic carboxylic acids is 1. The number of carbonyl (C=O) groups is 3. The lowest BCUT2D eigenvalue weighted by atomic mass is 10.2. The lowest BCUT2D eigenvalue weighted by Crippen LogP contribution is -2.11. The van der Waals surface area contributed by atoms with E-state index in [-0.39, 0.29) is 18.0 Å². The van der Waals surface area contributed by atoms with Gasteiger partial charge in [-0.1, -0.05) is 26.5 Å². The Balaban J connectivity index is 0. The van der Waals surface area contributed by atoms with Crippen molar-refractivity contribution in [1.82, 2.24) is 0 Å². The topological polar surface area (TPSA) is 89.9 Å². The molecule has 0 saturated heterocycles. The fraction of sp³-hybridized carbons (Fsp3) is 0.500. The molecule has 0 atom stereocenters. The summed E-state index contributed by atoms with van der Waals surface area (Å²) in [5.74, 6) is -2.03. The summed E-state index contributed by atoms with van der Waals surface area (Å²) in [6.45, 7) is 10.6. The minimum atomic E-state index is -1.07. The van der Waals surface area contributed by atoms with E-state index in [9.17, 15) is 14.4 Å². The molecule has 0 bridgehead atoms. The lowest BCUT2D eigenvalue weighted by Gasteiger charge is -2.03. The highest BCUT2D eigenvalue weighted by Crippen LogP contribution is 2.01. The number of methoxy groups -OCH3 is 1. The Labute approximate surface area is 119 Å². The Morgan fingerprint density at radius 3 is 2.00 bits per heavy atom. The van der Waals surface area contributed by atoms with Crippen molar-refractivity contribution in [3.8, 4) is 0 Å². The molecule has 0 aromatic heterocycles. The first-order valence-electron chi connectivity index (χ1n) is 6.06. The average Bonchev–Trinajstić information content (AvgIpc) is 2.37. The van der Waals surface area contributed by atoms with Gasteiger partial charge in [-0.25, -0.2) is 9.59 Å². The van der Waals surface area contributed by atoms with Gasteiger partial charge in [0.2, 0.25) is 0 Å². The number of carboxylic acids is 1. The van der Waals surface area contributed by atoms with E-state index in [1.807, 2.05) is 6.92 Å². The van der Waals surface area contributed by atoms with Gasteiger partial charge in [-0.3, -0.25) is 4.79 Å². The van der Waals surface area contributed by atoms with Crippen LogP contribution in [-0.4, -0.2) is 36.7 Å². The van der Waals surface area contributed by atoms with Crippen molar-refractivity contribution >= 4 is 17.9 Å². The summed E-state index contributed by atoms with van der Waals surface area (Å²) in [6, 6.07) is 0. The molecule has 6 heteroatoms. The van der Waals surface area contributed by atoms with Crippen LogP contribution in [-0.2, 0) is 23.9 Å². The molecule has 0 aliphatic carbocycles. The molecule has 1 N–H and O–H groups in total. The molecule has 0 radical (unpaired) electrons. The van der Waals surface area contributed by atoms with Gasteiger partial charge in [-0.15, -0.1) is 0 Å². The first-order valence-corrected chi connectivity index (χ1v) is 6.06. The maximum Gasteiger partial charge on any atom is 0.333 e. The number of unbranched alkanes of at least 4 members (excludes halogenated alkanes) is 1. The molecular formula is C14H22O6. The van der Waals surface area contributed by atoms with Crippen molar-refractivity contribution in [2.24, 2.45) is 0 Å². The Morgan fingerprint density at radius 2 is 1.70 bits per heavy atom. The number of hydrogen-bond donors (Lipinski definition) is 1. The van der Waals surface area contributed by atoms with Gasteiger partial charge < -0.3 is 14.6 Å². The summed E-state index contributed by atoms with van der Waals surface area (Å²) in [4.78, 5) is 31.3. The van der Waals surface area contributed by atoms with E-state index in [1.165, 1.54) is 7.11 Å². The monoisotopic (exact) mass is 286 g/mol. The van der Waals surface area contributed by atoms with Crippen LogP contribution in [0.25, 0.3) is 0 Å². The molecule has 0 rings (SSSR count). The summed E-state index contributed by atoms with van der Waals surface area (Å²) in [5.41, 5.74) is 0.422. The van der Waals surface area contributed by atoms with Crippen molar-refractivity contribution in [1.29, 1.82) is 0 Å². The summed E-state index contributed by atoms with van der Waals surface area (Å²) < 4.78 is 9.02. The smallest absolute Gasteiger partial charge is 0.333 e. The van der Waals surface area contributed by atoms with Crippen molar-refractivity contribution < 1.29 is 29.0 Å². The highest BCUT2D eigenvalue weighted by molar-refractivity contribution is 5.92. The third-order valence-electron chi connectivity index (χ3n) is 1.92. The summed E-state index contributed by atoms with van der Waals surface area (Å²) in [7, 11) is 1.33. The third kappa shape index (κ3) is 12.3. The quantitative estimate of drug-likeness (QED) is 0.438. The summed E-state index contributed by atoms with van der Waals surface area (Å²) >= 11 is 0. The van der Waals surface area contributed by atoms with Crippen LogP contribution in [0.4, 0.5) is 0 Å². The fourth-order valence-electron chi connectivity index (χ4n) is 0.840. The second-order valence-electron chi connectivity index (χ2n) is 3.94. The van der Waals surface area contributed by atoms with Gasteiger partial charge in [0.15, 0.2) is 0 Å². The predicted molar refractivity (Wildman–Crippen MR) is 74.1 cm³/mol. The fourth-order valence-corrected chi connectivity index (χ4v) is 0.840. The molecule has 0 heterocycles. The first-order chi connectivity index (χ1) is 9.26. The average molecular weight is 286 g/mol. The minimum absolute atomic E-state index is 0.0106. The lowest BCUT2D eigenvalue weighted by molar-refractivity contribution is -0.142. The van der Waals surface area contributed by atoms with Crippen LogP contribution in [0.3, 0.4) is 0 Å². The number of rotatable bonds is 7. The van der Waals surface area contributed by atoms with Crippen LogP contribution in [0, 0.1) is 0 Å². The van der Waals surface area contributed by atoms with E-state index in [0.717, 1.165) is 12.8 Å². The molecule has 0 aliphatic heterocycles. The van der Waals surface area contributed by atoms with Crippen LogP contribution in [0.2, 0.25) is 0 Å². The van der Waals surface area contributed by atoms with E-state index in [0.29, 0.717) is 12.2 Å². The van der Waals surface area contributed by atoms with Gasteiger partial charge >= 0.3 is 17.9 Å². The molecular weight excluding hydrogens is 264 g/mol. The van der Waals surface area contributed by atoms with Gasteiger partial charge in [-0.2, -0.15) is 0 Å². The van der Waals surface area contributed by atoms with Gasteiger partial charge in [0, 0.05) is 11.1 Å². The number of ether oxygens (including phenoxy) is 2. The highest BCUT2D eigenvalue weighted by Gasteiger charge is 2.11. The zero-order chi connectivity index (χ0) is 16.1. The number of esters is 2. The van der Waals surface area contributed by atoms with E-state index < -0.39 is 11.9 Å². The second kappa shape index (κ2) is 12.0. The SMILES string of the molecule is C=C(C)C(=O)OC.C=C(CC(=O)O)C(=O)OCCCC. The third-order valence-corrected chi connectivity index (χ3v) is 1.92. The number of carbonyl (C=O) groups excluding carboxylic acids is 2. The van der Waals surface area contributed by atoms with E-state index in [4.69, 9.17) is 9.84 Å². The van der Waals surface area contributed by atoms with Crippen molar-refractivity contribution in [2.45, 2.75) is 33.1 Å². The Bertz CT molecular complexity index is 370. The van der Waals surface area contributed by atoms with Crippen LogP contribution >= 0.6 is 0 Å². The molecule has 6 nitrogen and oxygen atoms in total. The molecule has 0 aliphatic rings. The first kappa shape index (κ1) is 20.2. The minimum Gasteiger partial charge on any atom is -0.481 e. The summed E-state index contributed by atoms with van der Waals surface area (Å²) in [5, 5.41) is 8.34. The standard InChI is InChI=1S/C9H14O4.C5H8O2/c1-3-4-5-13-9(12)7(2)6-8(10)11;1-4(2)5(6)7-3/h2-6H2,1H3,(H,10,11);1H2,2-3H3. The zero-order valence-electron chi connectivity index (χ0n) is 12.2. The van der Waals surface area contributed by atoms with Crippen LogP contribution < -0.4 is 0 Å². The van der Waals surface area contributed by atoms with E-state index >= 15 is 0 Å². The summed E-state index contributed by atoms with van der Waals surface area (Å²) in [6.07, 6.45) is 1.36. The Kier molecular flexibility index (Phi) is 12.1. The predicted octanol–water partition coefficient (Wildman–Crippen LogP) is 2.10. The van der Waals surface area contributed by atoms with Gasteiger partial charge in [0.25, 0.3) is 0 Å². The van der Waals surface area contributed by atoms with Crippen LogP contribution in [0.15, 0.2) is 24.3 Å². The van der Waals surface area contributed by atoms with Crippen LogP contribution in [0.5, 0.6) is 0 Å². The normalized spacial score (nSPS) is 8.75. The molecule has 0 unspecified atom stereocenters. The van der Waals surface area contributed by atoms with Gasteiger partial charge in [0.05, 0.1) is 20.1 Å². The molecule has 0 amide bonds. The van der Waals surface area contributed by atoms with Crippen LogP contribution in [0.1, 0.15) is 33.1 Å². The van der Waals surface area contributed by atoms with Crippen molar-refractivity contribution in [2.75, 3.05) is 13.7 Å². The van der Waals surface area contributed by atoms with Gasteiger partial charge in [0.1, 0.15) is 0 Å². The number of carboxylic acid groups (broad SMARTS) is 1. The molecule has 0 aromatic carbocycles.